The smallest absolute Gasteiger partial charge is 0.158 e. The van der Waals surface area contributed by atoms with Crippen molar-refractivity contribution in [1.82, 2.24) is 0 Å². The molecule has 0 aromatic heterocycles. The van der Waals surface area contributed by atoms with Crippen LogP contribution in [-0.4, -0.2) is 44.3 Å². The zero-order valence-corrected chi connectivity index (χ0v) is 5.18. The van der Waals surface area contributed by atoms with Gasteiger partial charge in [0.1, 0.15) is 18.5 Å². The normalized spacial score (nSPS) is 18.5. The summed E-state index contributed by atoms with van der Waals surface area (Å²) in [6.45, 7) is -0.681. The van der Waals surface area contributed by atoms with E-state index in [4.69, 9.17) is 25.5 Å². The Morgan fingerprint density at radius 3 is 2.20 bits per heavy atom. The van der Waals surface area contributed by atoms with Crippen molar-refractivity contribution < 1.29 is 25.5 Å². The topological polar surface area (TPSA) is 101 Å². The number of hydrogen-bond acceptors (Lipinski definition) is 5. The van der Waals surface area contributed by atoms with Crippen molar-refractivity contribution in [2.75, 3.05) is 6.61 Å². The molecule has 0 saturated carbocycles. The van der Waals surface area contributed by atoms with Crippen molar-refractivity contribution in [2.45, 2.75) is 12.2 Å². The van der Waals surface area contributed by atoms with Gasteiger partial charge in [0.25, 0.3) is 0 Å². The van der Waals surface area contributed by atoms with E-state index in [0.717, 1.165) is 0 Å². The lowest BCUT2D eigenvalue weighted by Gasteiger charge is -2.12. The minimum Gasteiger partial charge on any atom is -0.512 e. The summed E-state index contributed by atoms with van der Waals surface area (Å²) in [4.78, 5) is 0. The van der Waals surface area contributed by atoms with Crippen LogP contribution >= 0.6 is 0 Å². The van der Waals surface area contributed by atoms with E-state index in [-0.39, 0.29) is 6.26 Å². The molecule has 0 rings (SSSR count). The van der Waals surface area contributed by atoms with Gasteiger partial charge in [-0.15, -0.1) is 0 Å². The number of rotatable bonds is 3. The van der Waals surface area contributed by atoms with Crippen molar-refractivity contribution in [3.8, 4) is 0 Å². The van der Waals surface area contributed by atoms with Gasteiger partial charge in [0.05, 0.1) is 6.61 Å². The summed E-state index contributed by atoms with van der Waals surface area (Å²) >= 11 is 0. The van der Waals surface area contributed by atoms with Crippen LogP contribution in [0.5, 0.6) is 0 Å². The second-order valence-electron chi connectivity index (χ2n) is 1.75. The van der Waals surface area contributed by atoms with E-state index in [0.29, 0.717) is 0 Å². The zero-order chi connectivity index (χ0) is 8.15. The SMILES string of the molecule is OC=C(O)[C@H](O)[C@@H](O)CO. The molecule has 0 amide bonds. The highest BCUT2D eigenvalue weighted by Crippen LogP contribution is 2.01. The Morgan fingerprint density at radius 1 is 1.40 bits per heavy atom. The van der Waals surface area contributed by atoms with Crippen molar-refractivity contribution in [3.05, 3.63) is 12.0 Å². The molecule has 0 aromatic rings. The fraction of sp³-hybridized carbons (Fsp3) is 0.600. The monoisotopic (exact) mass is 150 g/mol. The molecule has 0 unspecified atom stereocenters. The van der Waals surface area contributed by atoms with Crippen LogP contribution < -0.4 is 0 Å². The lowest BCUT2D eigenvalue weighted by atomic mass is 10.2. The Morgan fingerprint density at radius 2 is 1.90 bits per heavy atom. The molecule has 10 heavy (non-hydrogen) atoms. The van der Waals surface area contributed by atoms with Crippen molar-refractivity contribution >= 4 is 0 Å². The second kappa shape index (κ2) is 4.10. The third-order valence-corrected chi connectivity index (χ3v) is 0.987. The molecule has 0 aliphatic heterocycles. The highest BCUT2D eigenvalue weighted by atomic mass is 16.4. The van der Waals surface area contributed by atoms with Crippen LogP contribution in [-0.2, 0) is 0 Å². The van der Waals surface area contributed by atoms with E-state index in [1.165, 1.54) is 0 Å². The Balaban J connectivity index is 3.94. The fourth-order valence-electron chi connectivity index (χ4n) is 0.373. The summed E-state index contributed by atoms with van der Waals surface area (Å²) in [5.41, 5.74) is 0. The molecule has 0 heterocycles. The van der Waals surface area contributed by atoms with Crippen LogP contribution in [0.3, 0.4) is 0 Å². The molecule has 5 heteroatoms. The number of aliphatic hydroxyl groups excluding tert-OH is 5. The standard InChI is InChI=1S/C5H10O5/c6-1-3(8)5(10)4(9)2-7/h1,4-10H,2H2/t4-,5-/m0/s1. The van der Waals surface area contributed by atoms with Crippen molar-refractivity contribution in [3.63, 3.8) is 0 Å². The van der Waals surface area contributed by atoms with E-state index in [9.17, 15) is 0 Å². The van der Waals surface area contributed by atoms with Gasteiger partial charge < -0.3 is 25.5 Å². The summed E-state index contributed by atoms with van der Waals surface area (Å²) in [7, 11) is 0. The first kappa shape index (κ1) is 9.22. The van der Waals surface area contributed by atoms with E-state index < -0.39 is 24.6 Å². The van der Waals surface area contributed by atoms with Crippen LogP contribution in [0.25, 0.3) is 0 Å². The largest absolute Gasteiger partial charge is 0.512 e. The van der Waals surface area contributed by atoms with Gasteiger partial charge in [-0.3, -0.25) is 0 Å². The molecule has 2 atom stereocenters. The predicted molar refractivity (Wildman–Crippen MR) is 32.4 cm³/mol. The maximum atomic E-state index is 8.70. The fourth-order valence-corrected chi connectivity index (χ4v) is 0.373. The third-order valence-electron chi connectivity index (χ3n) is 0.987. The second-order valence-corrected chi connectivity index (χ2v) is 1.75. The average molecular weight is 150 g/mol. The van der Waals surface area contributed by atoms with Gasteiger partial charge in [-0.05, 0) is 0 Å². The first-order valence-corrected chi connectivity index (χ1v) is 2.63. The van der Waals surface area contributed by atoms with Crippen LogP contribution in [0.4, 0.5) is 0 Å². The van der Waals surface area contributed by atoms with Gasteiger partial charge in [0.2, 0.25) is 0 Å². The summed E-state index contributed by atoms with van der Waals surface area (Å²) in [5, 5.41) is 42.1. The van der Waals surface area contributed by atoms with Crippen LogP contribution in [0.15, 0.2) is 12.0 Å². The molecule has 5 N–H and O–H groups in total. The Hall–Kier alpha value is -0.780. The summed E-state index contributed by atoms with van der Waals surface area (Å²) in [5.74, 6) is -0.776. The van der Waals surface area contributed by atoms with E-state index in [1.807, 2.05) is 0 Å². The highest BCUT2D eigenvalue weighted by molar-refractivity contribution is 4.95. The van der Waals surface area contributed by atoms with Gasteiger partial charge in [0, 0.05) is 0 Å². The molecule has 0 spiro atoms. The minimum absolute atomic E-state index is 0.254. The molecular formula is C5H10O5. The molecule has 0 aliphatic carbocycles. The molecule has 0 aromatic carbocycles. The quantitative estimate of drug-likeness (QED) is 0.320. The Bertz CT molecular complexity index is 121. The number of aliphatic hydroxyl groups is 5. The summed E-state index contributed by atoms with van der Waals surface area (Å²) in [6.07, 6.45) is -2.85. The first-order valence-electron chi connectivity index (χ1n) is 2.63. The Kier molecular flexibility index (Phi) is 3.78. The van der Waals surface area contributed by atoms with Crippen molar-refractivity contribution in [1.29, 1.82) is 0 Å². The maximum Gasteiger partial charge on any atom is 0.158 e. The lowest BCUT2D eigenvalue weighted by Crippen LogP contribution is -2.30. The minimum atomic E-state index is -1.63. The van der Waals surface area contributed by atoms with Gasteiger partial charge in [-0.25, -0.2) is 0 Å². The van der Waals surface area contributed by atoms with Gasteiger partial charge >= 0.3 is 0 Å². The molecule has 0 radical (unpaired) electrons. The lowest BCUT2D eigenvalue weighted by molar-refractivity contribution is -0.0151. The van der Waals surface area contributed by atoms with E-state index in [2.05, 4.69) is 0 Å². The van der Waals surface area contributed by atoms with Gasteiger partial charge in [-0.2, -0.15) is 0 Å². The van der Waals surface area contributed by atoms with Crippen molar-refractivity contribution in [2.24, 2.45) is 0 Å². The van der Waals surface area contributed by atoms with Crippen LogP contribution in [0, 0.1) is 0 Å². The molecule has 0 aliphatic rings. The third kappa shape index (κ3) is 2.22. The molecule has 0 bridgehead atoms. The molecule has 0 saturated heterocycles. The summed E-state index contributed by atoms with van der Waals surface area (Å²) < 4.78 is 0. The number of hydrogen-bond donors (Lipinski definition) is 5. The molecule has 5 nitrogen and oxygen atoms in total. The van der Waals surface area contributed by atoms with Crippen LogP contribution in [0.2, 0.25) is 0 Å². The van der Waals surface area contributed by atoms with E-state index in [1.54, 1.807) is 0 Å². The zero-order valence-electron chi connectivity index (χ0n) is 5.18. The van der Waals surface area contributed by atoms with Crippen LogP contribution in [0.1, 0.15) is 0 Å². The molecular weight excluding hydrogens is 140 g/mol. The summed E-state index contributed by atoms with van der Waals surface area (Å²) in [6, 6.07) is 0. The average Bonchev–Trinajstić information content (AvgIpc) is 2.00. The maximum absolute atomic E-state index is 8.70. The Labute approximate surface area is 57.5 Å². The van der Waals surface area contributed by atoms with E-state index >= 15 is 0 Å². The predicted octanol–water partition coefficient (Wildman–Crippen LogP) is -1.34. The highest BCUT2D eigenvalue weighted by Gasteiger charge is 2.18. The first-order chi connectivity index (χ1) is 4.63. The van der Waals surface area contributed by atoms with Gasteiger partial charge in [0.15, 0.2) is 5.76 Å². The molecule has 60 valence electrons. The van der Waals surface area contributed by atoms with Gasteiger partial charge in [-0.1, -0.05) is 0 Å². The molecule has 0 fully saturated rings.